The molecule has 1 atom stereocenters. The fraction of sp³-hybridized carbons (Fsp3) is 0.684. The van der Waals surface area contributed by atoms with Crippen LogP contribution >= 0.6 is 0 Å². The van der Waals surface area contributed by atoms with Gasteiger partial charge in [-0.15, -0.1) is 0 Å². The molecule has 8 nitrogen and oxygen atoms in total. The highest BCUT2D eigenvalue weighted by atomic mass is 32.2. The molecule has 0 saturated carbocycles. The molecule has 0 radical (unpaired) electrons. The van der Waals surface area contributed by atoms with Crippen molar-refractivity contribution in [1.29, 1.82) is 0 Å². The molecule has 1 aliphatic heterocycles. The Bertz CT molecular complexity index is 897. The van der Waals surface area contributed by atoms with E-state index in [0.717, 1.165) is 42.9 Å². The number of sulfone groups is 1. The van der Waals surface area contributed by atoms with E-state index in [1.165, 1.54) is 0 Å². The average Bonchev–Trinajstić information content (AvgIpc) is 3.31. The van der Waals surface area contributed by atoms with E-state index in [4.69, 9.17) is 4.74 Å². The normalized spacial score (nSPS) is 17.7. The van der Waals surface area contributed by atoms with Crippen molar-refractivity contribution in [3.8, 4) is 0 Å². The summed E-state index contributed by atoms with van der Waals surface area (Å²) >= 11 is 0. The quantitative estimate of drug-likeness (QED) is 0.629. The van der Waals surface area contributed by atoms with Crippen molar-refractivity contribution >= 4 is 9.84 Å². The Morgan fingerprint density at radius 1 is 1.36 bits per heavy atom. The average molecular weight is 410 g/mol. The van der Waals surface area contributed by atoms with Crippen molar-refractivity contribution in [2.24, 2.45) is 7.05 Å². The van der Waals surface area contributed by atoms with Gasteiger partial charge in [0.15, 0.2) is 0 Å². The molecule has 0 N–H and O–H groups in total. The van der Waals surface area contributed by atoms with Gasteiger partial charge in [-0.05, 0) is 33.2 Å². The Hall–Kier alpha value is -1.71. The molecular weight excluding hydrogens is 378 g/mol. The minimum atomic E-state index is -3.40. The highest BCUT2D eigenvalue weighted by Crippen LogP contribution is 2.21. The van der Waals surface area contributed by atoms with Crippen LogP contribution in [0.4, 0.5) is 0 Å². The van der Waals surface area contributed by atoms with Crippen molar-refractivity contribution in [1.82, 2.24) is 24.2 Å². The van der Waals surface area contributed by atoms with Crippen LogP contribution in [0.15, 0.2) is 17.6 Å². The van der Waals surface area contributed by atoms with Crippen molar-refractivity contribution in [2.75, 3.05) is 19.4 Å². The molecule has 1 fully saturated rings. The van der Waals surface area contributed by atoms with Gasteiger partial charge >= 0.3 is 0 Å². The second-order valence-corrected chi connectivity index (χ2v) is 9.69. The summed E-state index contributed by atoms with van der Waals surface area (Å²) in [6.45, 7) is 6.49. The largest absolute Gasteiger partial charge is 0.376 e. The van der Waals surface area contributed by atoms with E-state index in [0.29, 0.717) is 19.5 Å². The molecule has 0 bridgehead atoms. The number of aryl methyl sites for hydroxylation is 2. The van der Waals surface area contributed by atoms with E-state index in [1.54, 1.807) is 6.20 Å². The zero-order valence-electron chi connectivity index (χ0n) is 17.3. The molecule has 0 aliphatic carbocycles. The van der Waals surface area contributed by atoms with Gasteiger partial charge in [-0.1, -0.05) is 6.92 Å². The lowest BCUT2D eigenvalue weighted by Crippen LogP contribution is -2.25. The van der Waals surface area contributed by atoms with E-state index in [2.05, 4.69) is 15.0 Å². The van der Waals surface area contributed by atoms with Gasteiger partial charge in [-0.25, -0.2) is 13.4 Å². The van der Waals surface area contributed by atoms with Gasteiger partial charge in [0, 0.05) is 38.5 Å². The van der Waals surface area contributed by atoms with Crippen LogP contribution in [0.25, 0.3) is 0 Å². The maximum atomic E-state index is 12.7. The number of ether oxygens (including phenoxy) is 1. The van der Waals surface area contributed by atoms with Crippen LogP contribution in [0, 0.1) is 6.92 Å². The fourth-order valence-electron chi connectivity index (χ4n) is 3.74. The Kier molecular flexibility index (Phi) is 6.57. The van der Waals surface area contributed by atoms with Crippen LogP contribution in [0.2, 0.25) is 0 Å². The summed E-state index contributed by atoms with van der Waals surface area (Å²) in [5.74, 6) is 0.111. The Morgan fingerprint density at radius 2 is 2.14 bits per heavy atom. The third-order valence-electron chi connectivity index (χ3n) is 5.05. The van der Waals surface area contributed by atoms with Gasteiger partial charge in [0.1, 0.15) is 0 Å². The molecule has 0 amide bonds. The van der Waals surface area contributed by atoms with Gasteiger partial charge in [0.25, 0.3) is 0 Å². The lowest BCUT2D eigenvalue weighted by atomic mass is 10.2. The Morgan fingerprint density at radius 3 is 2.75 bits per heavy atom. The number of imidazole rings is 1. The van der Waals surface area contributed by atoms with Crippen LogP contribution in [-0.4, -0.2) is 58.2 Å². The van der Waals surface area contributed by atoms with Gasteiger partial charge in [0.05, 0.1) is 36.0 Å². The summed E-state index contributed by atoms with van der Waals surface area (Å²) < 4.78 is 34.9. The molecule has 3 rings (SSSR count). The van der Waals surface area contributed by atoms with Crippen LogP contribution < -0.4 is 0 Å². The molecule has 0 spiro atoms. The number of hydrogen-bond donors (Lipinski definition) is 0. The summed E-state index contributed by atoms with van der Waals surface area (Å²) in [5, 5.41) is 4.56. The van der Waals surface area contributed by atoms with Crippen molar-refractivity contribution in [3.05, 3.63) is 29.3 Å². The molecule has 1 aliphatic rings. The van der Waals surface area contributed by atoms with Crippen LogP contribution in [-0.2, 0) is 41.3 Å². The molecule has 28 heavy (non-hydrogen) atoms. The molecule has 2 aromatic heterocycles. The molecule has 9 heteroatoms. The third kappa shape index (κ3) is 4.82. The van der Waals surface area contributed by atoms with E-state index in [9.17, 15) is 8.42 Å². The summed E-state index contributed by atoms with van der Waals surface area (Å²) in [4.78, 5) is 6.46. The van der Waals surface area contributed by atoms with Gasteiger partial charge in [-0.2, -0.15) is 5.10 Å². The SMILES string of the molecule is CCCS(=O)(=O)c1ncc(CN(C)Cc2cn(C)nc2C)n1C[C@H]1CCCO1. The standard InChI is InChI=1S/C19H31N5O3S/c1-5-9-28(25,26)19-20-10-17(24(19)14-18-7-6-8-27-18)13-22(3)11-16-12-23(4)21-15(16)2/h10,12,18H,5-9,11,13-14H2,1-4H3/t18-/m1/s1. The Labute approximate surface area is 167 Å². The first-order chi connectivity index (χ1) is 13.3. The first-order valence-electron chi connectivity index (χ1n) is 9.86. The summed E-state index contributed by atoms with van der Waals surface area (Å²) in [6, 6.07) is 0. The van der Waals surface area contributed by atoms with E-state index >= 15 is 0 Å². The molecular formula is C19H31N5O3S. The summed E-state index contributed by atoms with van der Waals surface area (Å²) in [7, 11) is 0.543. The number of rotatable bonds is 9. The molecule has 0 aromatic carbocycles. The number of nitrogens with zero attached hydrogens (tertiary/aromatic N) is 5. The lowest BCUT2D eigenvalue weighted by Gasteiger charge is -2.20. The highest BCUT2D eigenvalue weighted by molar-refractivity contribution is 7.91. The maximum Gasteiger partial charge on any atom is 0.227 e. The van der Waals surface area contributed by atoms with Gasteiger partial charge in [-0.3, -0.25) is 9.58 Å². The predicted molar refractivity (Wildman–Crippen MR) is 107 cm³/mol. The highest BCUT2D eigenvalue weighted by Gasteiger charge is 2.26. The third-order valence-corrected chi connectivity index (χ3v) is 6.88. The van der Waals surface area contributed by atoms with Crippen molar-refractivity contribution in [3.63, 3.8) is 0 Å². The van der Waals surface area contributed by atoms with Gasteiger partial charge in [0.2, 0.25) is 15.0 Å². The topological polar surface area (TPSA) is 82.3 Å². The number of hydrogen-bond acceptors (Lipinski definition) is 6. The van der Waals surface area contributed by atoms with E-state index < -0.39 is 9.84 Å². The monoisotopic (exact) mass is 409 g/mol. The number of aromatic nitrogens is 4. The van der Waals surface area contributed by atoms with E-state index in [-0.39, 0.29) is 17.0 Å². The molecule has 0 unspecified atom stereocenters. The maximum absolute atomic E-state index is 12.7. The zero-order chi connectivity index (χ0) is 20.3. The summed E-state index contributed by atoms with van der Waals surface area (Å²) in [5.41, 5.74) is 3.07. The lowest BCUT2D eigenvalue weighted by molar-refractivity contribution is 0.0934. The smallest absolute Gasteiger partial charge is 0.227 e. The first kappa shape index (κ1) is 21.0. The van der Waals surface area contributed by atoms with Crippen LogP contribution in [0.1, 0.15) is 43.1 Å². The van der Waals surface area contributed by atoms with Crippen LogP contribution in [0.5, 0.6) is 0 Å². The minimum absolute atomic E-state index is 0.0504. The van der Waals surface area contributed by atoms with E-state index in [1.807, 2.05) is 43.4 Å². The predicted octanol–water partition coefficient (Wildman–Crippen LogP) is 1.92. The second-order valence-electron chi connectivity index (χ2n) is 7.68. The Balaban J connectivity index is 1.82. The van der Waals surface area contributed by atoms with Crippen molar-refractivity contribution < 1.29 is 13.2 Å². The first-order valence-corrected chi connectivity index (χ1v) is 11.5. The molecule has 1 saturated heterocycles. The van der Waals surface area contributed by atoms with Gasteiger partial charge < -0.3 is 9.30 Å². The molecule has 156 valence electrons. The van der Waals surface area contributed by atoms with Crippen LogP contribution in [0.3, 0.4) is 0 Å². The van der Waals surface area contributed by atoms with Crippen molar-refractivity contribution in [2.45, 2.75) is 64.0 Å². The second kappa shape index (κ2) is 8.75. The zero-order valence-corrected chi connectivity index (χ0v) is 18.1. The molecule has 2 aromatic rings. The minimum Gasteiger partial charge on any atom is -0.376 e. The fourth-order valence-corrected chi connectivity index (χ4v) is 5.20. The molecule has 3 heterocycles. The summed E-state index contributed by atoms with van der Waals surface area (Å²) in [6.07, 6.45) is 6.32.